The van der Waals surface area contributed by atoms with E-state index in [9.17, 15) is 27.6 Å². The lowest BCUT2D eigenvalue weighted by Gasteiger charge is -2.39. The van der Waals surface area contributed by atoms with Gasteiger partial charge in [0.2, 0.25) is 17.7 Å². The summed E-state index contributed by atoms with van der Waals surface area (Å²) in [5.41, 5.74) is 0.344. The van der Waals surface area contributed by atoms with Crippen LogP contribution in [0.4, 0.5) is 24.5 Å². The third-order valence-corrected chi connectivity index (χ3v) is 6.75. The van der Waals surface area contributed by atoms with Gasteiger partial charge in [0.15, 0.2) is 0 Å². The molecule has 210 valence electrons. The first-order chi connectivity index (χ1) is 18.6. The lowest BCUT2D eigenvalue weighted by molar-refractivity contribution is -0.145. The van der Waals surface area contributed by atoms with E-state index in [0.717, 1.165) is 12.1 Å². The molecule has 0 aliphatic carbocycles. The molecule has 1 atom stereocenters. The quantitative estimate of drug-likeness (QED) is 0.528. The average molecular weight is 548 g/mol. The molecule has 2 aliphatic heterocycles. The summed E-state index contributed by atoms with van der Waals surface area (Å²) >= 11 is 0. The molecule has 2 aromatic carbocycles. The summed E-state index contributed by atoms with van der Waals surface area (Å²) in [6, 6.07) is 11.1. The van der Waals surface area contributed by atoms with E-state index in [1.807, 2.05) is 16.7 Å². The molecule has 2 fully saturated rings. The zero-order chi connectivity index (χ0) is 28.0. The van der Waals surface area contributed by atoms with Crippen LogP contribution in [0.25, 0.3) is 0 Å². The van der Waals surface area contributed by atoms with Crippen molar-refractivity contribution in [2.24, 2.45) is 0 Å². The van der Waals surface area contributed by atoms with Crippen molar-refractivity contribution in [1.82, 2.24) is 15.1 Å². The molecule has 0 radical (unpaired) electrons. The highest BCUT2D eigenvalue weighted by molar-refractivity contribution is 5.97. The van der Waals surface area contributed by atoms with Crippen molar-refractivity contribution >= 4 is 29.1 Å². The minimum atomic E-state index is -4.41. The van der Waals surface area contributed by atoms with Gasteiger partial charge in [-0.1, -0.05) is 6.07 Å². The standard InChI is InChI=1S/C27H32F3N5O4/c1-2-39-22-8-6-20(7-9-22)32-24(36)17-23-26(38)31-10-11-35(23)25(37)18-33-12-14-34(15-13-33)21-5-3-4-19(16-21)27(28,29)30/h3-9,16,23H,2,10-15,17-18H2,1H3,(H,31,38)(H,32,36). The fourth-order valence-corrected chi connectivity index (χ4v) is 4.73. The van der Waals surface area contributed by atoms with Crippen LogP contribution in [-0.2, 0) is 20.6 Å². The molecule has 2 heterocycles. The summed E-state index contributed by atoms with van der Waals surface area (Å²) < 4.78 is 44.6. The Morgan fingerprint density at radius 3 is 2.44 bits per heavy atom. The molecule has 4 rings (SSSR count). The van der Waals surface area contributed by atoms with Gasteiger partial charge in [0, 0.05) is 50.6 Å². The minimum Gasteiger partial charge on any atom is -0.494 e. The van der Waals surface area contributed by atoms with Crippen LogP contribution in [0.3, 0.4) is 0 Å². The third kappa shape index (κ3) is 7.41. The second-order valence-corrected chi connectivity index (χ2v) is 9.41. The first kappa shape index (κ1) is 28.2. The number of carbonyl (C=O) groups excluding carboxylic acids is 3. The Morgan fingerprint density at radius 1 is 1.05 bits per heavy atom. The van der Waals surface area contributed by atoms with Gasteiger partial charge < -0.3 is 25.2 Å². The van der Waals surface area contributed by atoms with Crippen LogP contribution < -0.4 is 20.3 Å². The molecule has 39 heavy (non-hydrogen) atoms. The van der Waals surface area contributed by atoms with Crippen LogP contribution in [0.2, 0.25) is 0 Å². The number of anilines is 2. The fourth-order valence-electron chi connectivity index (χ4n) is 4.73. The minimum absolute atomic E-state index is 0.0563. The molecule has 0 bridgehead atoms. The monoisotopic (exact) mass is 547 g/mol. The van der Waals surface area contributed by atoms with Crippen LogP contribution in [-0.4, -0.2) is 86.0 Å². The van der Waals surface area contributed by atoms with Crippen molar-refractivity contribution in [1.29, 1.82) is 0 Å². The topological polar surface area (TPSA) is 94.2 Å². The smallest absolute Gasteiger partial charge is 0.416 e. The Bertz CT molecular complexity index is 1170. The molecule has 2 N–H and O–H groups in total. The van der Waals surface area contributed by atoms with Crippen molar-refractivity contribution in [3.63, 3.8) is 0 Å². The number of alkyl halides is 3. The summed E-state index contributed by atoms with van der Waals surface area (Å²) in [7, 11) is 0. The van der Waals surface area contributed by atoms with Gasteiger partial charge in [0.1, 0.15) is 11.8 Å². The van der Waals surface area contributed by atoms with E-state index in [2.05, 4.69) is 10.6 Å². The van der Waals surface area contributed by atoms with E-state index in [1.165, 1.54) is 11.0 Å². The third-order valence-electron chi connectivity index (χ3n) is 6.75. The predicted molar refractivity (Wildman–Crippen MR) is 139 cm³/mol. The van der Waals surface area contributed by atoms with Gasteiger partial charge in [0.05, 0.1) is 25.1 Å². The number of ether oxygens (including phenoxy) is 1. The number of rotatable bonds is 8. The van der Waals surface area contributed by atoms with Gasteiger partial charge in [-0.3, -0.25) is 19.3 Å². The largest absolute Gasteiger partial charge is 0.494 e. The van der Waals surface area contributed by atoms with Gasteiger partial charge >= 0.3 is 6.18 Å². The number of hydrogen-bond acceptors (Lipinski definition) is 6. The number of carbonyl (C=O) groups is 3. The van der Waals surface area contributed by atoms with Gasteiger partial charge in [-0.25, -0.2) is 0 Å². The SMILES string of the molecule is CCOc1ccc(NC(=O)CC2C(=O)NCCN2C(=O)CN2CCN(c3cccc(C(F)(F)F)c3)CC2)cc1. The van der Waals surface area contributed by atoms with E-state index in [1.54, 1.807) is 30.3 Å². The molecule has 0 saturated carbocycles. The molecular weight excluding hydrogens is 515 g/mol. The van der Waals surface area contributed by atoms with Crippen LogP contribution in [0.1, 0.15) is 18.9 Å². The number of benzene rings is 2. The zero-order valence-corrected chi connectivity index (χ0v) is 21.7. The Balaban J connectivity index is 1.31. The predicted octanol–water partition coefficient (Wildman–Crippen LogP) is 2.58. The molecule has 2 saturated heterocycles. The molecule has 9 nitrogen and oxygen atoms in total. The van der Waals surface area contributed by atoms with E-state index >= 15 is 0 Å². The van der Waals surface area contributed by atoms with E-state index in [0.29, 0.717) is 56.5 Å². The number of halogens is 3. The fraction of sp³-hybridized carbons (Fsp3) is 0.444. The van der Waals surface area contributed by atoms with E-state index < -0.39 is 23.7 Å². The molecule has 3 amide bonds. The molecule has 12 heteroatoms. The Labute approximate surface area is 224 Å². The normalized spacial score (nSPS) is 18.5. The van der Waals surface area contributed by atoms with Crippen molar-refractivity contribution in [2.45, 2.75) is 25.6 Å². The van der Waals surface area contributed by atoms with Gasteiger partial charge in [-0.15, -0.1) is 0 Å². The summed E-state index contributed by atoms with van der Waals surface area (Å²) in [6.45, 7) is 4.92. The van der Waals surface area contributed by atoms with Crippen LogP contribution in [0, 0.1) is 0 Å². The highest BCUT2D eigenvalue weighted by atomic mass is 19.4. The molecule has 2 aliphatic rings. The maximum atomic E-state index is 13.2. The lowest BCUT2D eigenvalue weighted by atomic mass is 10.1. The lowest BCUT2D eigenvalue weighted by Crippen LogP contribution is -2.60. The Hall–Kier alpha value is -3.80. The van der Waals surface area contributed by atoms with Gasteiger partial charge in [-0.05, 0) is 49.4 Å². The van der Waals surface area contributed by atoms with Crippen LogP contribution in [0.15, 0.2) is 48.5 Å². The van der Waals surface area contributed by atoms with Crippen LogP contribution in [0.5, 0.6) is 5.75 Å². The van der Waals surface area contributed by atoms with Gasteiger partial charge in [0.25, 0.3) is 0 Å². The molecular formula is C27H32F3N5O4. The highest BCUT2D eigenvalue weighted by Crippen LogP contribution is 2.32. The molecule has 1 unspecified atom stereocenters. The van der Waals surface area contributed by atoms with E-state index in [-0.39, 0.29) is 31.3 Å². The summed E-state index contributed by atoms with van der Waals surface area (Å²) in [6.07, 6.45) is -4.60. The summed E-state index contributed by atoms with van der Waals surface area (Å²) in [5, 5.41) is 5.48. The average Bonchev–Trinajstić information content (AvgIpc) is 2.91. The number of piperazine rings is 2. The van der Waals surface area contributed by atoms with Crippen molar-refractivity contribution in [3.8, 4) is 5.75 Å². The second-order valence-electron chi connectivity index (χ2n) is 9.41. The van der Waals surface area contributed by atoms with Crippen molar-refractivity contribution in [3.05, 3.63) is 54.1 Å². The maximum Gasteiger partial charge on any atom is 0.416 e. The van der Waals surface area contributed by atoms with Gasteiger partial charge in [-0.2, -0.15) is 13.2 Å². The first-order valence-corrected chi connectivity index (χ1v) is 12.9. The summed E-state index contributed by atoms with van der Waals surface area (Å²) in [5.74, 6) is -0.370. The van der Waals surface area contributed by atoms with E-state index in [4.69, 9.17) is 4.74 Å². The van der Waals surface area contributed by atoms with Crippen LogP contribution >= 0.6 is 0 Å². The second kappa shape index (κ2) is 12.4. The zero-order valence-electron chi connectivity index (χ0n) is 21.7. The molecule has 2 aromatic rings. The summed E-state index contributed by atoms with van der Waals surface area (Å²) in [4.78, 5) is 43.7. The number of nitrogens with one attached hydrogen (secondary N) is 2. The molecule has 0 aromatic heterocycles. The first-order valence-electron chi connectivity index (χ1n) is 12.9. The Kier molecular flexibility index (Phi) is 8.95. The highest BCUT2D eigenvalue weighted by Gasteiger charge is 2.36. The Morgan fingerprint density at radius 2 is 1.77 bits per heavy atom. The van der Waals surface area contributed by atoms with Crippen molar-refractivity contribution in [2.75, 3.05) is 62.6 Å². The number of hydrogen-bond donors (Lipinski definition) is 2. The molecule has 0 spiro atoms. The number of amides is 3. The maximum absolute atomic E-state index is 13.2. The van der Waals surface area contributed by atoms with Crippen molar-refractivity contribution < 1.29 is 32.3 Å². The number of nitrogens with zero attached hydrogens (tertiary/aromatic N) is 3.